The fourth-order valence-corrected chi connectivity index (χ4v) is 2.38. The van der Waals surface area contributed by atoms with E-state index in [2.05, 4.69) is 9.97 Å². The zero-order valence-electron chi connectivity index (χ0n) is 13.5. The highest BCUT2D eigenvalue weighted by molar-refractivity contribution is 5.96. The van der Waals surface area contributed by atoms with E-state index < -0.39 is 23.2 Å². The third-order valence-electron chi connectivity index (χ3n) is 3.66. The number of nitrogens with one attached hydrogen (secondary N) is 2. The van der Waals surface area contributed by atoms with Gasteiger partial charge in [-0.3, -0.25) is 14.8 Å². The summed E-state index contributed by atoms with van der Waals surface area (Å²) < 4.78 is 43.5. The lowest BCUT2D eigenvalue weighted by Crippen LogP contribution is -2.19. The van der Waals surface area contributed by atoms with Gasteiger partial charge in [-0.2, -0.15) is 13.2 Å². The number of ether oxygens (including phenoxy) is 1. The minimum atomic E-state index is -4.50. The standard InChI is InChI=1S/C17H12F3N3O4/c18-17(19,20)10-2-1-3-11(7-10)27-8-14-21-13-6-9(15(24)23-26)4-5-12(13)16(25)22-14/h1-7,26H,8H2,(H,23,24)(H,21,22,25). The van der Waals surface area contributed by atoms with Gasteiger partial charge >= 0.3 is 6.18 Å². The molecular weight excluding hydrogens is 367 g/mol. The number of carbonyl (C=O) groups is 1. The number of alkyl halides is 3. The Morgan fingerprint density at radius 3 is 2.70 bits per heavy atom. The van der Waals surface area contributed by atoms with Crippen LogP contribution in [0.15, 0.2) is 47.3 Å². The first-order chi connectivity index (χ1) is 12.8. The molecule has 0 aliphatic rings. The lowest BCUT2D eigenvalue weighted by atomic mass is 10.1. The third-order valence-corrected chi connectivity index (χ3v) is 3.66. The van der Waals surface area contributed by atoms with Crippen molar-refractivity contribution in [1.82, 2.24) is 15.4 Å². The number of benzene rings is 2. The van der Waals surface area contributed by atoms with Crippen LogP contribution < -0.4 is 15.8 Å². The van der Waals surface area contributed by atoms with Crippen LogP contribution in [-0.2, 0) is 12.8 Å². The van der Waals surface area contributed by atoms with Gasteiger partial charge in [0.05, 0.1) is 16.5 Å². The first-order valence-corrected chi connectivity index (χ1v) is 7.55. The smallest absolute Gasteiger partial charge is 0.416 e. The van der Waals surface area contributed by atoms with Crippen molar-refractivity contribution >= 4 is 16.8 Å². The first-order valence-electron chi connectivity index (χ1n) is 7.55. The zero-order valence-corrected chi connectivity index (χ0v) is 13.5. The molecule has 0 aliphatic heterocycles. The highest BCUT2D eigenvalue weighted by atomic mass is 19.4. The van der Waals surface area contributed by atoms with E-state index in [0.29, 0.717) is 0 Å². The second-order valence-electron chi connectivity index (χ2n) is 5.50. The van der Waals surface area contributed by atoms with Crippen molar-refractivity contribution < 1.29 is 27.9 Å². The van der Waals surface area contributed by atoms with E-state index in [-0.39, 0.29) is 34.6 Å². The van der Waals surface area contributed by atoms with Crippen LogP contribution in [0, 0.1) is 0 Å². The Morgan fingerprint density at radius 2 is 2.00 bits per heavy atom. The molecule has 0 radical (unpaired) electrons. The summed E-state index contributed by atoms with van der Waals surface area (Å²) in [6.45, 7) is -0.289. The summed E-state index contributed by atoms with van der Waals surface area (Å²) in [7, 11) is 0. The Bertz CT molecular complexity index is 1060. The zero-order chi connectivity index (χ0) is 19.6. The van der Waals surface area contributed by atoms with Gasteiger partial charge in [0.2, 0.25) is 0 Å². The molecule has 140 valence electrons. The van der Waals surface area contributed by atoms with Crippen molar-refractivity contribution in [2.45, 2.75) is 12.8 Å². The number of aromatic nitrogens is 2. The van der Waals surface area contributed by atoms with Gasteiger partial charge in [0.15, 0.2) is 0 Å². The molecule has 0 spiro atoms. The van der Waals surface area contributed by atoms with Crippen LogP contribution >= 0.6 is 0 Å². The Morgan fingerprint density at radius 1 is 1.22 bits per heavy atom. The maximum atomic E-state index is 12.7. The summed E-state index contributed by atoms with van der Waals surface area (Å²) in [4.78, 5) is 30.2. The predicted molar refractivity (Wildman–Crippen MR) is 87.4 cm³/mol. The van der Waals surface area contributed by atoms with Crippen LogP contribution in [0.4, 0.5) is 13.2 Å². The molecule has 0 aliphatic carbocycles. The molecule has 27 heavy (non-hydrogen) atoms. The molecule has 7 nitrogen and oxygen atoms in total. The largest absolute Gasteiger partial charge is 0.486 e. The van der Waals surface area contributed by atoms with Gasteiger partial charge in [0.25, 0.3) is 11.5 Å². The van der Waals surface area contributed by atoms with Crippen LogP contribution in [0.2, 0.25) is 0 Å². The van der Waals surface area contributed by atoms with E-state index >= 15 is 0 Å². The highest BCUT2D eigenvalue weighted by Crippen LogP contribution is 2.31. The number of aromatic amines is 1. The molecule has 0 saturated heterocycles. The summed E-state index contributed by atoms with van der Waals surface area (Å²) in [5.74, 6) is -0.756. The number of rotatable bonds is 4. The summed E-state index contributed by atoms with van der Waals surface area (Å²) in [6, 6.07) is 8.29. The lowest BCUT2D eigenvalue weighted by molar-refractivity contribution is -0.137. The highest BCUT2D eigenvalue weighted by Gasteiger charge is 2.30. The molecule has 0 saturated carbocycles. The maximum Gasteiger partial charge on any atom is 0.416 e. The molecule has 3 N–H and O–H groups in total. The molecule has 10 heteroatoms. The molecule has 1 amide bonds. The maximum absolute atomic E-state index is 12.7. The van der Waals surface area contributed by atoms with Crippen molar-refractivity contribution in [3.8, 4) is 5.75 Å². The molecule has 2 aromatic carbocycles. The van der Waals surface area contributed by atoms with E-state index in [1.54, 1.807) is 0 Å². The number of hydroxylamine groups is 1. The van der Waals surface area contributed by atoms with Gasteiger partial charge in [-0.15, -0.1) is 0 Å². The van der Waals surface area contributed by atoms with Crippen LogP contribution in [0.1, 0.15) is 21.7 Å². The number of carbonyl (C=O) groups excluding carboxylic acids is 1. The van der Waals surface area contributed by atoms with E-state index in [4.69, 9.17) is 9.94 Å². The topological polar surface area (TPSA) is 104 Å². The molecule has 3 aromatic rings. The van der Waals surface area contributed by atoms with Crippen LogP contribution in [0.3, 0.4) is 0 Å². The second kappa shape index (κ2) is 7.08. The Kier molecular flexibility index (Phi) is 4.82. The molecule has 0 fully saturated rings. The number of hydrogen-bond donors (Lipinski definition) is 3. The molecule has 0 atom stereocenters. The fourth-order valence-electron chi connectivity index (χ4n) is 2.38. The van der Waals surface area contributed by atoms with Gasteiger partial charge in [-0.1, -0.05) is 6.07 Å². The normalized spacial score (nSPS) is 11.4. The minimum Gasteiger partial charge on any atom is -0.486 e. The summed E-state index contributed by atoms with van der Waals surface area (Å²) >= 11 is 0. The van der Waals surface area contributed by atoms with E-state index in [1.807, 2.05) is 0 Å². The van der Waals surface area contributed by atoms with Gasteiger partial charge in [-0.05, 0) is 36.4 Å². The summed E-state index contributed by atoms with van der Waals surface area (Å²) in [6.07, 6.45) is -4.50. The van der Waals surface area contributed by atoms with Crippen molar-refractivity contribution in [3.05, 3.63) is 69.8 Å². The minimum absolute atomic E-state index is 0.0408. The Balaban J connectivity index is 1.87. The lowest BCUT2D eigenvalue weighted by Gasteiger charge is -2.10. The average molecular weight is 379 g/mol. The number of halogens is 3. The molecular formula is C17H12F3N3O4. The van der Waals surface area contributed by atoms with E-state index in [9.17, 15) is 22.8 Å². The van der Waals surface area contributed by atoms with Gasteiger partial charge < -0.3 is 9.72 Å². The molecule has 0 bridgehead atoms. The number of amides is 1. The monoisotopic (exact) mass is 379 g/mol. The fraction of sp³-hybridized carbons (Fsp3) is 0.118. The summed E-state index contributed by atoms with van der Waals surface area (Å²) in [5, 5.41) is 8.87. The van der Waals surface area contributed by atoms with Crippen molar-refractivity contribution in [2.24, 2.45) is 0 Å². The second-order valence-corrected chi connectivity index (χ2v) is 5.50. The molecule has 1 heterocycles. The van der Waals surface area contributed by atoms with Crippen molar-refractivity contribution in [3.63, 3.8) is 0 Å². The van der Waals surface area contributed by atoms with Crippen LogP contribution in [0.5, 0.6) is 5.75 Å². The predicted octanol–water partition coefficient (Wildman–Crippen LogP) is 2.64. The SMILES string of the molecule is O=C(NO)c1ccc2c(=O)[nH]c(COc3cccc(C(F)(F)F)c3)nc2c1. The van der Waals surface area contributed by atoms with Crippen LogP contribution in [0.25, 0.3) is 10.9 Å². The van der Waals surface area contributed by atoms with Crippen molar-refractivity contribution in [2.75, 3.05) is 0 Å². The number of H-pyrrole nitrogens is 1. The Labute approximate surface area is 149 Å². The first kappa shape index (κ1) is 18.4. The molecule has 0 unspecified atom stereocenters. The third kappa shape index (κ3) is 4.06. The van der Waals surface area contributed by atoms with E-state index in [0.717, 1.165) is 12.1 Å². The quantitative estimate of drug-likeness (QED) is 0.478. The average Bonchev–Trinajstić information content (AvgIpc) is 2.65. The number of hydrogen-bond acceptors (Lipinski definition) is 5. The summed E-state index contributed by atoms with van der Waals surface area (Å²) in [5.41, 5.74) is 0.353. The van der Waals surface area contributed by atoms with E-state index in [1.165, 1.54) is 35.8 Å². The number of fused-ring (bicyclic) bond motifs is 1. The Hall–Kier alpha value is -3.40. The van der Waals surface area contributed by atoms with Gasteiger partial charge in [0.1, 0.15) is 18.2 Å². The molecule has 1 aromatic heterocycles. The van der Waals surface area contributed by atoms with Crippen molar-refractivity contribution in [1.29, 1.82) is 0 Å². The number of nitrogens with zero attached hydrogens (tertiary/aromatic N) is 1. The molecule has 3 rings (SSSR count). The van der Waals surface area contributed by atoms with Crippen LogP contribution in [-0.4, -0.2) is 21.1 Å². The van der Waals surface area contributed by atoms with Gasteiger partial charge in [0, 0.05) is 5.56 Å². The van der Waals surface area contributed by atoms with Gasteiger partial charge in [-0.25, -0.2) is 10.5 Å².